The van der Waals surface area contributed by atoms with Gasteiger partial charge in [-0.05, 0) is 55.3 Å². The van der Waals surface area contributed by atoms with E-state index in [0.29, 0.717) is 19.2 Å². The van der Waals surface area contributed by atoms with Crippen molar-refractivity contribution in [1.29, 1.82) is 0 Å². The van der Waals surface area contributed by atoms with Gasteiger partial charge in [-0.15, -0.1) is 13.2 Å². The van der Waals surface area contributed by atoms with Crippen molar-refractivity contribution < 1.29 is 41.0 Å². The van der Waals surface area contributed by atoms with Gasteiger partial charge < -0.3 is 20.1 Å². The standard InChI is InChI=1S/C27H23F5N4O4/c1-14(36-12-20-8-19(36)13-39-20)25(37)35-23-10-22(34-26(38)15-3-2-4-33-11-15)21(9-24(23)40-27(30,31)32)16-5-17(28)7-18(29)6-16/h2-7,9-11,14,19-20H,8,12-13H2,1H3,(H,34,38)(H,35,37)/t14?,19-,20-/m0/s1. The van der Waals surface area contributed by atoms with Crippen LogP contribution in [0.25, 0.3) is 11.1 Å². The molecule has 2 bridgehead atoms. The number of hydrogen-bond acceptors (Lipinski definition) is 6. The van der Waals surface area contributed by atoms with Crippen LogP contribution in [0.4, 0.5) is 33.3 Å². The summed E-state index contributed by atoms with van der Waals surface area (Å²) in [5.74, 6) is -4.14. The van der Waals surface area contributed by atoms with Crippen molar-refractivity contribution in [3.63, 3.8) is 0 Å². The van der Waals surface area contributed by atoms with Crippen molar-refractivity contribution >= 4 is 23.2 Å². The monoisotopic (exact) mass is 562 g/mol. The molecule has 1 unspecified atom stereocenters. The summed E-state index contributed by atoms with van der Waals surface area (Å²) in [4.78, 5) is 31.9. The van der Waals surface area contributed by atoms with Crippen molar-refractivity contribution in [1.82, 2.24) is 9.88 Å². The molecule has 0 aliphatic carbocycles. The van der Waals surface area contributed by atoms with Gasteiger partial charge in [-0.1, -0.05) is 0 Å². The van der Waals surface area contributed by atoms with Gasteiger partial charge in [0, 0.05) is 36.6 Å². The molecular formula is C27H23F5N4O4. The van der Waals surface area contributed by atoms with E-state index in [1.54, 1.807) is 6.92 Å². The van der Waals surface area contributed by atoms with Crippen molar-refractivity contribution in [2.45, 2.75) is 37.9 Å². The smallest absolute Gasteiger partial charge is 0.404 e. The Labute approximate surface area is 225 Å². The zero-order chi connectivity index (χ0) is 28.6. The van der Waals surface area contributed by atoms with E-state index in [-0.39, 0.29) is 34.5 Å². The molecule has 0 saturated carbocycles. The minimum absolute atomic E-state index is 0.00962. The lowest BCUT2D eigenvalue weighted by atomic mass is 10.0. The number of aromatic nitrogens is 1. The van der Waals surface area contributed by atoms with Gasteiger partial charge in [-0.3, -0.25) is 19.5 Å². The maximum atomic E-state index is 14.1. The number of nitrogens with zero attached hydrogens (tertiary/aromatic N) is 2. The number of benzene rings is 2. The number of carbonyl (C=O) groups excluding carboxylic acids is 2. The second kappa shape index (κ2) is 10.8. The minimum atomic E-state index is -5.17. The van der Waals surface area contributed by atoms with Crippen LogP contribution in [0, 0.1) is 11.6 Å². The quantitative estimate of drug-likeness (QED) is 0.395. The van der Waals surface area contributed by atoms with Gasteiger partial charge >= 0.3 is 6.36 Å². The number of alkyl halides is 3. The van der Waals surface area contributed by atoms with Crippen LogP contribution in [-0.4, -0.2) is 59.4 Å². The molecule has 2 aliphatic heterocycles. The lowest BCUT2D eigenvalue weighted by molar-refractivity contribution is -0.274. The molecule has 3 aromatic rings. The largest absolute Gasteiger partial charge is 0.573 e. The summed E-state index contributed by atoms with van der Waals surface area (Å²) in [6, 6.07) is 6.52. The summed E-state index contributed by atoms with van der Waals surface area (Å²) in [5.41, 5.74) is -0.790. The van der Waals surface area contributed by atoms with Gasteiger partial charge in [0.2, 0.25) is 5.91 Å². The Kier molecular flexibility index (Phi) is 7.43. The summed E-state index contributed by atoms with van der Waals surface area (Å²) in [6.45, 7) is 2.57. The van der Waals surface area contributed by atoms with Gasteiger partial charge in [0.25, 0.3) is 5.91 Å². The fourth-order valence-electron chi connectivity index (χ4n) is 4.92. The highest BCUT2D eigenvalue weighted by Gasteiger charge is 2.43. The van der Waals surface area contributed by atoms with Crippen molar-refractivity contribution in [2.75, 3.05) is 23.8 Å². The molecule has 3 heterocycles. The third kappa shape index (κ3) is 6.05. The summed E-state index contributed by atoms with van der Waals surface area (Å²) in [7, 11) is 0. The number of nitrogens with one attached hydrogen (secondary N) is 2. The van der Waals surface area contributed by atoms with Gasteiger partial charge in [0.15, 0.2) is 5.75 Å². The molecule has 0 spiro atoms. The van der Waals surface area contributed by atoms with Crippen LogP contribution in [-0.2, 0) is 9.53 Å². The molecule has 2 N–H and O–H groups in total. The van der Waals surface area contributed by atoms with E-state index < -0.39 is 47.3 Å². The van der Waals surface area contributed by atoms with E-state index in [9.17, 15) is 31.5 Å². The van der Waals surface area contributed by atoms with Crippen LogP contribution in [0.3, 0.4) is 0 Å². The highest BCUT2D eigenvalue weighted by atomic mass is 19.4. The number of anilines is 2. The topological polar surface area (TPSA) is 92.8 Å². The van der Waals surface area contributed by atoms with Crippen molar-refractivity contribution in [3.05, 3.63) is 72.1 Å². The molecule has 13 heteroatoms. The van der Waals surface area contributed by atoms with Crippen LogP contribution in [0.2, 0.25) is 0 Å². The molecule has 40 heavy (non-hydrogen) atoms. The van der Waals surface area contributed by atoms with Crippen LogP contribution in [0.5, 0.6) is 5.75 Å². The SMILES string of the molecule is CC(C(=O)Nc1cc(NC(=O)c2cccnc2)c(-c2cc(F)cc(F)c2)cc1OC(F)(F)F)N1C[C@@H]2C[C@H]1CO2. The molecule has 3 atom stereocenters. The normalized spacial score (nSPS) is 19.4. The number of carbonyl (C=O) groups is 2. The Balaban J connectivity index is 1.55. The van der Waals surface area contributed by atoms with Gasteiger partial charge in [0.05, 0.1) is 35.7 Å². The van der Waals surface area contributed by atoms with E-state index in [2.05, 4.69) is 20.4 Å². The molecule has 2 aromatic carbocycles. The van der Waals surface area contributed by atoms with Gasteiger partial charge in [-0.25, -0.2) is 8.78 Å². The van der Waals surface area contributed by atoms with Crippen LogP contribution < -0.4 is 15.4 Å². The van der Waals surface area contributed by atoms with E-state index in [4.69, 9.17) is 4.74 Å². The van der Waals surface area contributed by atoms with Crippen molar-refractivity contribution in [2.24, 2.45) is 0 Å². The average Bonchev–Trinajstić information content (AvgIpc) is 3.53. The predicted molar refractivity (Wildman–Crippen MR) is 134 cm³/mol. The first-order valence-corrected chi connectivity index (χ1v) is 12.3. The number of pyridine rings is 1. The first-order chi connectivity index (χ1) is 19.0. The van der Waals surface area contributed by atoms with E-state index >= 15 is 0 Å². The number of rotatable bonds is 7. The fraction of sp³-hybridized carbons (Fsp3) is 0.296. The second-order valence-electron chi connectivity index (χ2n) is 9.50. The Morgan fingerprint density at radius 3 is 2.45 bits per heavy atom. The third-order valence-corrected chi connectivity index (χ3v) is 6.77. The maximum absolute atomic E-state index is 14.1. The molecule has 210 valence electrons. The molecule has 1 aromatic heterocycles. The highest BCUT2D eigenvalue weighted by molar-refractivity contribution is 6.07. The number of fused-ring (bicyclic) bond motifs is 2. The number of hydrogen-bond donors (Lipinski definition) is 2. The molecule has 2 amide bonds. The van der Waals surface area contributed by atoms with Crippen LogP contribution in [0.15, 0.2) is 54.9 Å². The zero-order valence-electron chi connectivity index (χ0n) is 21.0. The molecule has 2 aliphatic rings. The predicted octanol–water partition coefficient (Wildman–Crippen LogP) is 4.98. The van der Waals surface area contributed by atoms with E-state index in [1.165, 1.54) is 24.5 Å². The van der Waals surface area contributed by atoms with Crippen LogP contribution >= 0.6 is 0 Å². The van der Waals surface area contributed by atoms with Gasteiger partial charge in [0.1, 0.15) is 11.6 Å². The number of likely N-dealkylation sites (tertiary alicyclic amines) is 1. The number of halogens is 5. The fourth-order valence-corrected chi connectivity index (χ4v) is 4.92. The molecule has 0 radical (unpaired) electrons. The van der Waals surface area contributed by atoms with Gasteiger partial charge in [-0.2, -0.15) is 0 Å². The summed E-state index contributed by atoms with van der Waals surface area (Å²) >= 11 is 0. The zero-order valence-corrected chi connectivity index (χ0v) is 21.0. The Morgan fingerprint density at radius 1 is 1.10 bits per heavy atom. The molecule has 2 fully saturated rings. The van der Waals surface area contributed by atoms with E-state index in [1.807, 2.05) is 4.90 Å². The Hall–Kier alpha value is -4.10. The first kappa shape index (κ1) is 27.5. The second-order valence-corrected chi connectivity index (χ2v) is 9.50. The average molecular weight is 562 g/mol. The number of ether oxygens (including phenoxy) is 2. The molecule has 2 saturated heterocycles. The summed E-state index contributed by atoms with van der Waals surface area (Å²) < 4.78 is 78.1. The van der Waals surface area contributed by atoms with E-state index in [0.717, 1.165) is 30.7 Å². The Morgan fingerprint density at radius 2 is 1.85 bits per heavy atom. The van der Waals surface area contributed by atoms with Crippen LogP contribution in [0.1, 0.15) is 23.7 Å². The summed E-state index contributed by atoms with van der Waals surface area (Å²) in [5, 5.41) is 5.00. The summed E-state index contributed by atoms with van der Waals surface area (Å²) in [6.07, 6.45) is -1.72. The Bertz CT molecular complexity index is 1420. The minimum Gasteiger partial charge on any atom is -0.404 e. The molecule has 5 rings (SSSR count). The third-order valence-electron chi connectivity index (χ3n) is 6.77. The number of morpholine rings is 1. The first-order valence-electron chi connectivity index (χ1n) is 12.3. The van der Waals surface area contributed by atoms with Crippen molar-refractivity contribution in [3.8, 4) is 16.9 Å². The number of amides is 2. The lowest BCUT2D eigenvalue weighted by Crippen LogP contribution is -2.48. The highest BCUT2D eigenvalue weighted by Crippen LogP contribution is 2.41. The maximum Gasteiger partial charge on any atom is 0.573 e. The molecular weight excluding hydrogens is 539 g/mol. The lowest BCUT2D eigenvalue weighted by Gasteiger charge is -2.31. The molecule has 8 nitrogen and oxygen atoms in total.